The normalized spacial score (nSPS) is 18.1. The van der Waals surface area contributed by atoms with Gasteiger partial charge in [-0.15, -0.1) is 0 Å². The maximum absolute atomic E-state index is 12.4. The first-order valence-electron chi connectivity index (χ1n) is 8.15. The van der Waals surface area contributed by atoms with Crippen molar-refractivity contribution in [1.82, 2.24) is 14.7 Å². The van der Waals surface area contributed by atoms with Crippen LogP contribution in [0, 0.1) is 0 Å². The van der Waals surface area contributed by atoms with Crippen LogP contribution in [0.4, 0.5) is 6.01 Å². The highest BCUT2D eigenvalue weighted by atomic mass is 32.2. The van der Waals surface area contributed by atoms with Crippen LogP contribution in [0.1, 0.15) is 12.8 Å². The molecule has 0 aliphatic carbocycles. The summed E-state index contributed by atoms with van der Waals surface area (Å²) < 4.78 is 33.2. The van der Waals surface area contributed by atoms with Crippen molar-refractivity contribution < 1.29 is 12.8 Å². The fraction of sp³-hybridized carbons (Fsp3) is 0.294. The number of hydrogen-bond donors (Lipinski definition) is 1. The minimum Gasteiger partial charge on any atom is -0.423 e. The van der Waals surface area contributed by atoms with Crippen molar-refractivity contribution in [2.45, 2.75) is 23.8 Å². The van der Waals surface area contributed by atoms with E-state index < -0.39 is 10.0 Å². The summed E-state index contributed by atoms with van der Waals surface area (Å²) in [5.41, 5.74) is 1.54. The SMILES string of the molecule is O=S(=O)(NC[C@@H]1CCCN1c1nc2ccccc2o1)c1cccnc1. The van der Waals surface area contributed by atoms with Crippen molar-refractivity contribution in [2.24, 2.45) is 0 Å². The maximum Gasteiger partial charge on any atom is 0.298 e. The van der Waals surface area contributed by atoms with Gasteiger partial charge < -0.3 is 9.32 Å². The molecule has 4 rings (SSSR count). The predicted octanol–water partition coefficient (Wildman–Crippen LogP) is 2.17. The molecule has 1 aliphatic heterocycles. The van der Waals surface area contributed by atoms with Gasteiger partial charge in [0.1, 0.15) is 10.4 Å². The van der Waals surface area contributed by atoms with E-state index in [9.17, 15) is 8.42 Å². The van der Waals surface area contributed by atoms with E-state index in [1.165, 1.54) is 12.3 Å². The number of anilines is 1. The molecule has 8 heteroatoms. The standard InChI is InChI=1S/C17H18N4O3S/c22-25(23,14-6-3-9-18-12-14)19-11-13-5-4-10-21(13)17-20-15-7-1-2-8-16(15)24-17/h1-3,6-9,12-13,19H,4-5,10-11H2/t13-/m0/s1. The predicted molar refractivity (Wildman–Crippen MR) is 93.8 cm³/mol. The van der Waals surface area contributed by atoms with E-state index in [4.69, 9.17) is 4.42 Å². The van der Waals surface area contributed by atoms with Crippen molar-refractivity contribution in [3.63, 3.8) is 0 Å². The molecule has 1 aromatic carbocycles. The van der Waals surface area contributed by atoms with E-state index in [0.29, 0.717) is 12.6 Å². The molecule has 0 amide bonds. The van der Waals surface area contributed by atoms with Crippen LogP contribution in [-0.4, -0.2) is 37.5 Å². The molecule has 3 heterocycles. The zero-order chi connectivity index (χ0) is 17.3. The fourth-order valence-corrected chi connectivity index (χ4v) is 4.11. The van der Waals surface area contributed by atoms with Crippen LogP contribution in [0.15, 0.2) is 58.1 Å². The van der Waals surface area contributed by atoms with E-state index in [0.717, 1.165) is 30.5 Å². The number of fused-ring (bicyclic) bond motifs is 1. The Balaban J connectivity index is 1.50. The lowest BCUT2D eigenvalue weighted by atomic mass is 10.2. The van der Waals surface area contributed by atoms with Gasteiger partial charge in [0, 0.05) is 31.5 Å². The Morgan fingerprint density at radius 3 is 2.92 bits per heavy atom. The van der Waals surface area contributed by atoms with Crippen LogP contribution in [-0.2, 0) is 10.0 Å². The lowest BCUT2D eigenvalue weighted by Gasteiger charge is -2.22. The zero-order valence-electron chi connectivity index (χ0n) is 13.5. The summed E-state index contributed by atoms with van der Waals surface area (Å²) in [6.45, 7) is 1.10. The molecular weight excluding hydrogens is 340 g/mol. The van der Waals surface area contributed by atoms with Gasteiger partial charge >= 0.3 is 0 Å². The van der Waals surface area contributed by atoms with Gasteiger partial charge in [-0.3, -0.25) is 4.98 Å². The van der Waals surface area contributed by atoms with Crippen LogP contribution in [0.5, 0.6) is 0 Å². The minimum atomic E-state index is -3.57. The molecule has 1 N–H and O–H groups in total. The van der Waals surface area contributed by atoms with E-state index in [1.807, 2.05) is 29.2 Å². The Morgan fingerprint density at radius 1 is 1.24 bits per heavy atom. The first kappa shape index (κ1) is 16.0. The summed E-state index contributed by atoms with van der Waals surface area (Å²) in [7, 11) is -3.57. The van der Waals surface area contributed by atoms with Crippen molar-refractivity contribution in [3.8, 4) is 0 Å². The number of para-hydroxylation sites is 2. The molecule has 25 heavy (non-hydrogen) atoms. The molecule has 130 valence electrons. The number of nitrogens with one attached hydrogen (secondary N) is 1. The summed E-state index contributed by atoms with van der Waals surface area (Å²) in [5.74, 6) is 0. The molecule has 2 aromatic heterocycles. The lowest BCUT2D eigenvalue weighted by Crippen LogP contribution is -2.40. The molecular formula is C17H18N4O3S. The van der Waals surface area contributed by atoms with Gasteiger partial charge in [-0.05, 0) is 37.1 Å². The van der Waals surface area contributed by atoms with Gasteiger partial charge in [-0.1, -0.05) is 12.1 Å². The molecule has 1 fully saturated rings. The molecule has 7 nitrogen and oxygen atoms in total. The van der Waals surface area contributed by atoms with Gasteiger partial charge in [0.15, 0.2) is 5.58 Å². The fourth-order valence-electron chi connectivity index (χ4n) is 3.08. The number of aromatic nitrogens is 2. The molecule has 0 radical (unpaired) electrons. The second-order valence-electron chi connectivity index (χ2n) is 5.99. The van der Waals surface area contributed by atoms with Crippen LogP contribution in [0.25, 0.3) is 11.1 Å². The molecule has 0 unspecified atom stereocenters. The monoisotopic (exact) mass is 358 g/mol. The van der Waals surface area contributed by atoms with Gasteiger partial charge in [0.25, 0.3) is 6.01 Å². The van der Waals surface area contributed by atoms with E-state index in [1.54, 1.807) is 12.3 Å². The molecule has 3 aromatic rings. The molecule has 0 saturated carbocycles. The number of oxazole rings is 1. The Labute approximate surface area is 145 Å². The Kier molecular flexibility index (Phi) is 4.14. The van der Waals surface area contributed by atoms with Gasteiger partial charge in [0.05, 0.1) is 0 Å². The van der Waals surface area contributed by atoms with Crippen molar-refractivity contribution in [1.29, 1.82) is 0 Å². The second-order valence-corrected chi connectivity index (χ2v) is 7.76. The Bertz CT molecular complexity index is 939. The van der Waals surface area contributed by atoms with Gasteiger partial charge in [-0.25, -0.2) is 13.1 Å². The largest absolute Gasteiger partial charge is 0.423 e. The van der Waals surface area contributed by atoms with Gasteiger partial charge in [0.2, 0.25) is 10.0 Å². The highest BCUT2D eigenvalue weighted by Crippen LogP contribution is 2.28. The average molecular weight is 358 g/mol. The molecule has 0 bridgehead atoms. The van der Waals surface area contributed by atoms with E-state index in [-0.39, 0.29) is 10.9 Å². The number of hydrogen-bond acceptors (Lipinski definition) is 6. The number of benzene rings is 1. The summed E-state index contributed by atoms with van der Waals surface area (Å²) in [6.07, 6.45) is 4.74. The molecule has 1 aliphatic rings. The summed E-state index contributed by atoms with van der Waals surface area (Å²) in [4.78, 5) is 10.6. The summed E-state index contributed by atoms with van der Waals surface area (Å²) in [6, 6.07) is 11.3. The van der Waals surface area contributed by atoms with Gasteiger partial charge in [-0.2, -0.15) is 4.98 Å². The van der Waals surface area contributed by atoms with Crippen molar-refractivity contribution in [3.05, 3.63) is 48.8 Å². The third-order valence-electron chi connectivity index (χ3n) is 4.36. The number of rotatable bonds is 5. The molecule has 1 saturated heterocycles. The smallest absolute Gasteiger partial charge is 0.298 e. The molecule has 0 spiro atoms. The summed E-state index contributed by atoms with van der Waals surface area (Å²) >= 11 is 0. The second kappa shape index (κ2) is 6.45. The van der Waals surface area contributed by atoms with Crippen molar-refractivity contribution >= 4 is 27.1 Å². The van der Waals surface area contributed by atoms with Crippen LogP contribution in [0.2, 0.25) is 0 Å². The lowest BCUT2D eigenvalue weighted by molar-refractivity contribution is 0.534. The first-order valence-corrected chi connectivity index (χ1v) is 9.64. The topological polar surface area (TPSA) is 88.3 Å². The highest BCUT2D eigenvalue weighted by molar-refractivity contribution is 7.89. The minimum absolute atomic E-state index is 0.0134. The number of nitrogens with zero attached hydrogens (tertiary/aromatic N) is 3. The quantitative estimate of drug-likeness (QED) is 0.752. The Morgan fingerprint density at radius 2 is 2.12 bits per heavy atom. The van der Waals surface area contributed by atoms with Crippen LogP contribution in [0.3, 0.4) is 0 Å². The summed E-state index contributed by atoms with van der Waals surface area (Å²) in [5, 5.41) is 0. The van der Waals surface area contributed by atoms with Crippen LogP contribution >= 0.6 is 0 Å². The maximum atomic E-state index is 12.4. The zero-order valence-corrected chi connectivity index (χ0v) is 14.3. The average Bonchev–Trinajstić information content (AvgIpc) is 3.27. The van der Waals surface area contributed by atoms with Crippen molar-refractivity contribution in [2.75, 3.05) is 18.0 Å². The third kappa shape index (κ3) is 3.22. The Hall–Kier alpha value is -2.45. The number of pyridine rings is 1. The first-order chi connectivity index (χ1) is 12.1. The number of sulfonamides is 1. The van der Waals surface area contributed by atoms with E-state index in [2.05, 4.69) is 14.7 Å². The van der Waals surface area contributed by atoms with Crippen LogP contribution < -0.4 is 9.62 Å². The highest BCUT2D eigenvalue weighted by Gasteiger charge is 2.29. The van der Waals surface area contributed by atoms with E-state index >= 15 is 0 Å². The third-order valence-corrected chi connectivity index (χ3v) is 5.77. The molecule has 1 atom stereocenters.